The molecule has 40 heavy (non-hydrogen) atoms. The second-order valence-electron chi connectivity index (χ2n) is 11.6. The van der Waals surface area contributed by atoms with Gasteiger partial charge in [-0.3, -0.25) is 9.69 Å². The van der Waals surface area contributed by atoms with Crippen LogP contribution in [0.2, 0.25) is 0 Å². The van der Waals surface area contributed by atoms with E-state index in [0.29, 0.717) is 0 Å². The number of nitrogens with one attached hydrogen (secondary N) is 1. The van der Waals surface area contributed by atoms with Crippen molar-refractivity contribution in [1.29, 1.82) is 0 Å². The third-order valence-corrected chi connectivity index (χ3v) is 7.68. The van der Waals surface area contributed by atoms with Gasteiger partial charge in [0.15, 0.2) is 0 Å². The van der Waals surface area contributed by atoms with Crippen LogP contribution in [-0.4, -0.2) is 57.5 Å². The minimum absolute atomic E-state index is 0.0132. The topological polar surface area (TPSA) is 71.1 Å². The molecule has 5 rings (SSSR count). The van der Waals surface area contributed by atoms with Gasteiger partial charge in [-0.25, -0.2) is 4.79 Å². The first-order chi connectivity index (χ1) is 19.1. The number of carbonyl (C=O) groups is 2. The summed E-state index contributed by atoms with van der Waals surface area (Å²) in [5.41, 5.74) is 7.59. The van der Waals surface area contributed by atoms with Crippen molar-refractivity contribution in [2.24, 2.45) is 0 Å². The van der Waals surface area contributed by atoms with Crippen molar-refractivity contribution >= 4 is 23.4 Å². The average molecular weight is 542 g/mol. The van der Waals surface area contributed by atoms with Gasteiger partial charge >= 0.3 is 12.1 Å². The molecule has 7 heteroatoms. The summed E-state index contributed by atoms with van der Waals surface area (Å²) in [6.07, 6.45) is -0.292. The third kappa shape index (κ3) is 5.85. The van der Waals surface area contributed by atoms with E-state index in [1.54, 1.807) is 11.9 Å². The molecule has 1 aliphatic carbocycles. The molecule has 1 aliphatic heterocycles. The fourth-order valence-electron chi connectivity index (χ4n) is 5.70. The molecular weight excluding hydrogens is 502 g/mol. The van der Waals surface area contributed by atoms with E-state index in [-0.39, 0.29) is 24.9 Å². The smallest absolute Gasteiger partial charge is 0.414 e. The highest BCUT2D eigenvalue weighted by Crippen LogP contribution is 2.44. The van der Waals surface area contributed by atoms with Gasteiger partial charge in [-0.05, 0) is 73.2 Å². The number of amides is 1. The highest BCUT2D eigenvalue weighted by Gasteiger charge is 2.30. The van der Waals surface area contributed by atoms with Crippen LogP contribution in [0, 0.1) is 6.92 Å². The molecule has 0 radical (unpaired) electrons. The standard InChI is InChI=1S/C33H39N3O4/c1-22-23(19-31(37)40-33(2,3)4)18-24(36-16-14-34-15-17-36)20-30(22)35(5)32(38)39-21-29-27-12-8-6-10-25(27)26-11-7-9-13-28(26)29/h6-13,18,20,29,34H,14-17,19,21H2,1-5H3. The fourth-order valence-corrected chi connectivity index (χ4v) is 5.70. The summed E-state index contributed by atoms with van der Waals surface area (Å²) in [7, 11) is 1.74. The van der Waals surface area contributed by atoms with Crippen LogP contribution in [-0.2, 0) is 20.7 Å². The van der Waals surface area contributed by atoms with Crippen molar-refractivity contribution in [3.63, 3.8) is 0 Å². The Kier molecular flexibility index (Phi) is 7.86. The highest BCUT2D eigenvalue weighted by molar-refractivity contribution is 5.90. The Labute approximate surface area is 237 Å². The molecular formula is C33H39N3O4. The van der Waals surface area contributed by atoms with Gasteiger partial charge in [0.25, 0.3) is 0 Å². The number of esters is 1. The van der Waals surface area contributed by atoms with E-state index in [0.717, 1.165) is 48.7 Å². The molecule has 3 aromatic rings. The first-order valence-electron chi connectivity index (χ1n) is 14.0. The van der Waals surface area contributed by atoms with Gasteiger partial charge in [-0.15, -0.1) is 0 Å². The van der Waals surface area contributed by atoms with Gasteiger partial charge in [0.2, 0.25) is 0 Å². The maximum Gasteiger partial charge on any atom is 0.414 e. The Bertz CT molecular complexity index is 1360. The largest absolute Gasteiger partial charge is 0.460 e. The van der Waals surface area contributed by atoms with Crippen LogP contribution in [0.1, 0.15) is 48.9 Å². The van der Waals surface area contributed by atoms with E-state index in [9.17, 15) is 9.59 Å². The van der Waals surface area contributed by atoms with E-state index in [2.05, 4.69) is 40.5 Å². The predicted molar refractivity (Wildman–Crippen MR) is 159 cm³/mol. The van der Waals surface area contributed by atoms with Crippen molar-refractivity contribution in [1.82, 2.24) is 5.32 Å². The normalized spacial score (nSPS) is 14.9. The van der Waals surface area contributed by atoms with Crippen LogP contribution in [0.3, 0.4) is 0 Å². The van der Waals surface area contributed by atoms with Crippen molar-refractivity contribution in [2.45, 2.75) is 45.6 Å². The third-order valence-electron chi connectivity index (χ3n) is 7.68. The molecule has 0 spiro atoms. The zero-order valence-electron chi connectivity index (χ0n) is 24.1. The summed E-state index contributed by atoms with van der Waals surface area (Å²) in [5, 5.41) is 3.38. The van der Waals surface area contributed by atoms with E-state index in [1.807, 2.05) is 58.0 Å². The average Bonchev–Trinajstić information content (AvgIpc) is 3.25. The summed E-state index contributed by atoms with van der Waals surface area (Å²) in [5.74, 6) is -0.302. The Morgan fingerprint density at radius 3 is 2.17 bits per heavy atom. The quantitative estimate of drug-likeness (QED) is 0.405. The zero-order chi connectivity index (χ0) is 28.4. The second kappa shape index (κ2) is 11.3. The van der Waals surface area contributed by atoms with Crippen molar-refractivity contribution in [2.75, 3.05) is 49.6 Å². The highest BCUT2D eigenvalue weighted by atomic mass is 16.6. The number of piperazine rings is 1. The SMILES string of the molecule is Cc1c(CC(=O)OC(C)(C)C)cc(N2CCNCC2)cc1N(C)C(=O)OCC1c2ccccc2-c2ccccc21. The van der Waals surface area contributed by atoms with Crippen LogP contribution in [0.15, 0.2) is 60.7 Å². The van der Waals surface area contributed by atoms with E-state index in [1.165, 1.54) is 22.3 Å². The summed E-state index contributed by atoms with van der Waals surface area (Å²) in [6.45, 7) is 11.3. The summed E-state index contributed by atoms with van der Waals surface area (Å²) >= 11 is 0. The number of nitrogens with zero attached hydrogens (tertiary/aromatic N) is 2. The summed E-state index contributed by atoms with van der Waals surface area (Å²) in [4.78, 5) is 30.1. The summed E-state index contributed by atoms with van der Waals surface area (Å²) < 4.78 is 11.6. The Morgan fingerprint density at radius 1 is 0.975 bits per heavy atom. The van der Waals surface area contributed by atoms with Gasteiger partial charge in [0.1, 0.15) is 12.2 Å². The first-order valence-corrected chi connectivity index (χ1v) is 14.0. The van der Waals surface area contributed by atoms with Gasteiger partial charge in [-0.1, -0.05) is 48.5 Å². The number of hydrogen-bond acceptors (Lipinski definition) is 6. The van der Waals surface area contributed by atoms with E-state index < -0.39 is 11.7 Å². The van der Waals surface area contributed by atoms with Gasteiger partial charge < -0.3 is 19.7 Å². The molecule has 0 unspecified atom stereocenters. The first kappa shape index (κ1) is 27.7. The number of benzene rings is 3. The van der Waals surface area contributed by atoms with Gasteiger partial charge in [0, 0.05) is 44.8 Å². The van der Waals surface area contributed by atoms with Crippen LogP contribution in [0.5, 0.6) is 0 Å². The van der Waals surface area contributed by atoms with Crippen LogP contribution < -0.4 is 15.1 Å². The van der Waals surface area contributed by atoms with E-state index >= 15 is 0 Å². The monoisotopic (exact) mass is 541 g/mol. The maximum absolute atomic E-state index is 13.5. The number of fused-ring (bicyclic) bond motifs is 3. The molecule has 2 aliphatic rings. The molecule has 1 heterocycles. The number of rotatable bonds is 6. The van der Waals surface area contributed by atoms with Crippen LogP contribution >= 0.6 is 0 Å². The Hall–Kier alpha value is -3.84. The number of carbonyl (C=O) groups excluding carboxylic acids is 2. The lowest BCUT2D eigenvalue weighted by molar-refractivity contribution is -0.153. The number of hydrogen-bond donors (Lipinski definition) is 1. The van der Waals surface area contributed by atoms with Crippen molar-refractivity contribution in [3.8, 4) is 11.1 Å². The minimum Gasteiger partial charge on any atom is -0.460 e. The van der Waals surface area contributed by atoms with Crippen LogP contribution in [0.25, 0.3) is 11.1 Å². The lowest BCUT2D eigenvalue weighted by Crippen LogP contribution is -2.43. The molecule has 1 fully saturated rings. The van der Waals surface area contributed by atoms with Gasteiger partial charge in [-0.2, -0.15) is 0 Å². The Morgan fingerprint density at radius 2 is 1.57 bits per heavy atom. The lowest BCUT2D eigenvalue weighted by atomic mass is 9.98. The molecule has 1 N–H and O–H groups in total. The predicted octanol–water partition coefficient (Wildman–Crippen LogP) is 5.67. The second-order valence-corrected chi connectivity index (χ2v) is 11.6. The summed E-state index contributed by atoms with van der Waals surface area (Å²) in [6, 6.07) is 20.7. The van der Waals surface area contributed by atoms with Crippen molar-refractivity contribution < 1.29 is 19.1 Å². The maximum atomic E-state index is 13.5. The molecule has 0 atom stereocenters. The molecule has 3 aromatic carbocycles. The molecule has 7 nitrogen and oxygen atoms in total. The fraction of sp³-hybridized carbons (Fsp3) is 0.394. The van der Waals surface area contributed by atoms with Gasteiger partial charge in [0.05, 0.1) is 12.1 Å². The van der Waals surface area contributed by atoms with Crippen molar-refractivity contribution in [3.05, 3.63) is 82.9 Å². The molecule has 0 aromatic heterocycles. The molecule has 1 saturated heterocycles. The molecule has 0 saturated carbocycles. The molecule has 210 valence electrons. The number of ether oxygens (including phenoxy) is 2. The van der Waals surface area contributed by atoms with Crippen LogP contribution in [0.4, 0.5) is 16.2 Å². The molecule has 0 bridgehead atoms. The lowest BCUT2D eigenvalue weighted by Gasteiger charge is -2.32. The zero-order valence-corrected chi connectivity index (χ0v) is 24.1. The minimum atomic E-state index is -0.567. The molecule has 1 amide bonds. The Balaban J connectivity index is 1.39. The number of anilines is 2. The van der Waals surface area contributed by atoms with E-state index in [4.69, 9.17) is 9.47 Å².